The molecule has 1 aromatic carbocycles. The SMILES string of the molecule is CSc1ccc(NC(=O)C2CCN(S(=O)(=O)c3ccccc3C(F)(F)F)CC2)cn1. The predicted octanol–water partition coefficient (Wildman–Crippen LogP) is 3.86. The smallest absolute Gasteiger partial charge is 0.324 e. The summed E-state index contributed by atoms with van der Waals surface area (Å²) < 4.78 is 66.3. The molecule has 1 N–H and O–H groups in total. The fourth-order valence-corrected chi connectivity index (χ4v) is 5.29. The van der Waals surface area contributed by atoms with Crippen molar-refractivity contribution in [1.82, 2.24) is 9.29 Å². The number of hydrogen-bond acceptors (Lipinski definition) is 5. The van der Waals surface area contributed by atoms with Crippen LogP contribution in [0.3, 0.4) is 0 Å². The highest BCUT2D eigenvalue weighted by molar-refractivity contribution is 7.98. The minimum atomic E-state index is -4.78. The van der Waals surface area contributed by atoms with E-state index in [0.29, 0.717) is 5.69 Å². The third-order valence-electron chi connectivity index (χ3n) is 4.85. The van der Waals surface area contributed by atoms with Gasteiger partial charge >= 0.3 is 6.18 Å². The van der Waals surface area contributed by atoms with Gasteiger partial charge < -0.3 is 5.32 Å². The van der Waals surface area contributed by atoms with Gasteiger partial charge in [-0.1, -0.05) is 12.1 Å². The molecule has 1 aliphatic heterocycles. The quantitative estimate of drug-likeness (QED) is 0.687. The van der Waals surface area contributed by atoms with E-state index in [0.717, 1.165) is 27.5 Å². The van der Waals surface area contributed by atoms with Crippen LogP contribution in [0, 0.1) is 5.92 Å². The Bertz CT molecular complexity index is 1000. The summed E-state index contributed by atoms with van der Waals surface area (Å²) in [5, 5.41) is 3.56. The molecule has 0 saturated carbocycles. The van der Waals surface area contributed by atoms with Crippen molar-refractivity contribution in [2.45, 2.75) is 28.9 Å². The van der Waals surface area contributed by atoms with Crippen LogP contribution in [0.4, 0.5) is 18.9 Å². The highest BCUT2D eigenvalue weighted by Gasteiger charge is 2.40. The summed E-state index contributed by atoms with van der Waals surface area (Å²) in [4.78, 5) is 15.9. The summed E-state index contributed by atoms with van der Waals surface area (Å²) >= 11 is 1.47. The average molecular weight is 460 g/mol. The number of nitrogens with one attached hydrogen (secondary N) is 1. The number of thioether (sulfide) groups is 1. The number of sulfonamides is 1. The molecule has 1 amide bonds. The molecule has 0 unspecified atom stereocenters. The second-order valence-electron chi connectivity index (χ2n) is 6.75. The molecule has 2 aromatic rings. The first-order chi connectivity index (χ1) is 14.1. The number of pyridine rings is 1. The molecule has 0 spiro atoms. The van der Waals surface area contributed by atoms with Crippen LogP contribution in [-0.2, 0) is 21.0 Å². The van der Waals surface area contributed by atoms with E-state index in [2.05, 4.69) is 10.3 Å². The van der Waals surface area contributed by atoms with Crippen LogP contribution in [0.5, 0.6) is 0 Å². The van der Waals surface area contributed by atoms with Gasteiger partial charge in [-0.05, 0) is 43.4 Å². The Hall–Kier alpha value is -2.11. The summed E-state index contributed by atoms with van der Waals surface area (Å²) in [6.45, 7) is -0.0629. The maximum Gasteiger partial charge on any atom is 0.417 e. The molecule has 3 rings (SSSR count). The molecular weight excluding hydrogens is 439 g/mol. The third kappa shape index (κ3) is 4.96. The lowest BCUT2D eigenvalue weighted by molar-refractivity contribution is -0.139. The Balaban J connectivity index is 1.67. The molecule has 0 aliphatic carbocycles. The van der Waals surface area contributed by atoms with Crippen LogP contribution < -0.4 is 5.32 Å². The third-order valence-corrected chi connectivity index (χ3v) is 7.46. The monoisotopic (exact) mass is 459 g/mol. The van der Waals surface area contributed by atoms with Crippen LogP contribution in [0.25, 0.3) is 0 Å². The highest BCUT2D eigenvalue weighted by atomic mass is 32.2. The molecule has 1 aromatic heterocycles. The predicted molar refractivity (Wildman–Crippen MR) is 108 cm³/mol. The second kappa shape index (κ2) is 8.94. The van der Waals surface area contributed by atoms with E-state index in [1.807, 2.05) is 6.26 Å². The molecule has 1 saturated heterocycles. The van der Waals surface area contributed by atoms with Crippen molar-refractivity contribution in [3.05, 3.63) is 48.2 Å². The molecular formula is C19H20F3N3O3S2. The van der Waals surface area contributed by atoms with E-state index in [4.69, 9.17) is 0 Å². The van der Waals surface area contributed by atoms with Gasteiger partial charge in [0.2, 0.25) is 15.9 Å². The summed E-state index contributed by atoms with van der Waals surface area (Å²) in [6, 6.07) is 7.63. The number of piperidine rings is 1. The molecule has 1 aliphatic rings. The molecule has 1 fully saturated rings. The molecule has 11 heteroatoms. The Morgan fingerprint density at radius 1 is 1.17 bits per heavy atom. The van der Waals surface area contributed by atoms with Gasteiger partial charge in [0.05, 0.1) is 27.4 Å². The number of hydrogen-bond donors (Lipinski definition) is 1. The van der Waals surface area contributed by atoms with Crippen molar-refractivity contribution in [2.24, 2.45) is 5.92 Å². The fourth-order valence-electron chi connectivity index (χ4n) is 3.24. The van der Waals surface area contributed by atoms with E-state index >= 15 is 0 Å². The number of aromatic nitrogens is 1. The zero-order valence-corrected chi connectivity index (χ0v) is 17.6. The van der Waals surface area contributed by atoms with Crippen LogP contribution >= 0.6 is 11.8 Å². The van der Waals surface area contributed by atoms with Crippen molar-refractivity contribution < 1.29 is 26.4 Å². The van der Waals surface area contributed by atoms with Gasteiger partial charge in [-0.3, -0.25) is 4.79 Å². The first-order valence-corrected chi connectivity index (χ1v) is 11.8. The summed E-state index contributed by atoms with van der Waals surface area (Å²) in [7, 11) is -4.32. The number of alkyl halides is 3. The lowest BCUT2D eigenvalue weighted by Gasteiger charge is -2.31. The molecule has 0 bridgehead atoms. The largest absolute Gasteiger partial charge is 0.417 e. The number of nitrogens with zero attached hydrogens (tertiary/aromatic N) is 2. The number of rotatable bonds is 5. The molecule has 2 heterocycles. The molecule has 0 atom stereocenters. The molecule has 0 radical (unpaired) electrons. The van der Waals surface area contributed by atoms with Crippen molar-refractivity contribution in [3.63, 3.8) is 0 Å². The van der Waals surface area contributed by atoms with E-state index in [-0.39, 0.29) is 31.8 Å². The van der Waals surface area contributed by atoms with Gasteiger partial charge in [0.25, 0.3) is 0 Å². The average Bonchev–Trinajstić information content (AvgIpc) is 2.74. The molecule has 162 valence electrons. The number of carbonyl (C=O) groups is 1. The van der Waals surface area contributed by atoms with Gasteiger partial charge in [-0.15, -0.1) is 11.8 Å². The fraction of sp³-hybridized carbons (Fsp3) is 0.368. The van der Waals surface area contributed by atoms with Crippen LogP contribution in [0.1, 0.15) is 18.4 Å². The topological polar surface area (TPSA) is 79.4 Å². The zero-order valence-electron chi connectivity index (χ0n) is 16.0. The highest BCUT2D eigenvalue weighted by Crippen LogP contribution is 2.36. The standard InChI is InChI=1S/C19H20F3N3O3S2/c1-29-17-7-6-14(12-23-17)24-18(26)13-8-10-25(11-9-13)30(27,28)16-5-3-2-4-15(16)19(20,21)22/h2-7,12-13H,8-11H2,1H3,(H,24,26). The Morgan fingerprint density at radius 2 is 1.83 bits per heavy atom. The van der Waals surface area contributed by atoms with Crippen molar-refractivity contribution in [2.75, 3.05) is 24.7 Å². The minimum absolute atomic E-state index is 0.0315. The van der Waals surface area contributed by atoms with Gasteiger partial charge in [0.15, 0.2) is 0 Å². The van der Waals surface area contributed by atoms with E-state index in [1.165, 1.54) is 24.0 Å². The zero-order chi connectivity index (χ0) is 21.9. The molecule has 30 heavy (non-hydrogen) atoms. The Morgan fingerprint density at radius 3 is 2.40 bits per heavy atom. The van der Waals surface area contributed by atoms with Gasteiger partial charge in [-0.25, -0.2) is 13.4 Å². The van der Waals surface area contributed by atoms with Crippen LogP contribution in [0.2, 0.25) is 0 Å². The Labute approximate surface area is 176 Å². The van der Waals surface area contributed by atoms with E-state index in [1.54, 1.807) is 12.1 Å². The lowest BCUT2D eigenvalue weighted by atomic mass is 9.97. The van der Waals surface area contributed by atoms with Crippen molar-refractivity contribution in [1.29, 1.82) is 0 Å². The van der Waals surface area contributed by atoms with Crippen LogP contribution in [-0.4, -0.2) is 43.0 Å². The number of amides is 1. The maximum absolute atomic E-state index is 13.2. The number of carbonyl (C=O) groups excluding carboxylic acids is 1. The number of anilines is 1. The van der Waals surface area contributed by atoms with Gasteiger partial charge in [-0.2, -0.15) is 17.5 Å². The normalized spacial score (nSPS) is 16.4. The minimum Gasteiger partial charge on any atom is -0.324 e. The van der Waals surface area contributed by atoms with Crippen LogP contribution in [0.15, 0.2) is 52.5 Å². The van der Waals surface area contributed by atoms with Gasteiger partial charge in [0, 0.05) is 19.0 Å². The summed E-state index contributed by atoms with van der Waals surface area (Å²) in [5.74, 6) is -0.698. The Kier molecular flexibility index (Phi) is 6.73. The van der Waals surface area contributed by atoms with Gasteiger partial charge in [0.1, 0.15) is 0 Å². The lowest BCUT2D eigenvalue weighted by Crippen LogP contribution is -2.41. The first kappa shape index (κ1) is 22.6. The number of benzene rings is 1. The summed E-state index contributed by atoms with van der Waals surface area (Å²) in [5.41, 5.74) is -0.655. The molecule has 6 nitrogen and oxygen atoms in total. The van der Waals surface area contributed by atoms with E-state index < -0.39 is 32.6 Å². The summed E-state index contributed by atoms with van der Waals surface area (Å²) in [6.07, 6.45) is -0.917. The van der Waals surface area contributed by atoms with E-state index in [9.17, 15) is 26.4 Å². The maximum atomic E-state index is 13.2. The first-order valence-electron chi connectivity index (χ1n) is 9.10. The number of halogens is 3. The van der Waals surface area contributed by atoms with Crippen molar-refractivity contribution >= 4 is 33.4 Å². The van der Waals surface area contributed by atoms with Crippen molar-refractivity contribution in [3.8, 4) is 0 Å². The second-order valence-corrected chi connectivity index (χ2v) is 9.48.